The fraction of sp³-hybridized carbons (Fsp3) is 0.211. The SMILES string of the molecule is CC=CC(=O)OCCC[Si](Cl)(c1ccccc1)c1ccccc1. The Morgan fingerprint density at radius 2 is 1.57 bits per heavy atom. The topological polar surface area (TPSA) is 26.3 Å². The van der Waals surface area contributed by atoms with Crippen molar-refractivity contribution >= 4 is 34.8 Å². The summed E-state index contributed by atoms with van der Waals surface area (Å²) in [6.45, 7) is 2.19. The van der Waals surface area contributed by atoms with E-state index in [1.165, 1.54) is 16.4 Å². The fourth-order valence-electron chi connectivity index (χ4n) is 2.53. The highest BCUT2D eigenvalue weighted by Crippen LogP contribution is 2.18. The summed E-state index contributed by atoms with van der Waals surface area (Å²) in [5.74, 6) is -0.297. The summed E-state index contributed by atoms with van der Waals surface area (Å²) in [7, 11) is -2.33. The van der Waals surface area contributed by atoms with Crippen LogP contribution in [0.5, 0.6) is 0 Å². The Balaban J connectivity index is 2.11. The van der Waals surface area contributed by atoms with Crippen LogP contribution in [0.4, 0.5) is 0 Å². The van der Waals surface area contributed by atoms with Crippen LogP contribution in [0.1, 0.15) is 13.3 Å². The minimum absolute atomic E-state index is 0.297. The van der Waals surface area contributed by atoms with Crippen LogP contribution in [0.15, 0.2) is 72.8 Å². The number of halogens is 1. The molecule has 0 aliphatic heterocycles. The molecular weight excluding hydrogens is 324 g/mol. The minimum Gasteiger partial charge on any atom is -0.463 e. The van der Waals surface area contributed by atoms with E-state index in [1.54, 1.807) is 13.0 Å². The summed E-state index contributed by atoms with van der Waals surface area (Å²) in [6.07, 6.45) is 3.86. The lowest BCUT2D eigenvalue weighted by Gasteiger charge is -2.25. The second-order valence-electron chi connectivity index (χ2n) is 5.30. The number of carbonyl (C=O) groups is 1. The maximum atomic E-state index is 11.4. The third kappa shape index (κ3) is 4.81. The highest BCUT2D eigenvalue weighted by molar-refractivity contribution is 7.34. The summed E-state index contributed by atoms with van der Waals surface area (Å²) in [4.78, 5) is 11.4. The zero-order valence-electron chi connectivity index (χ0n) is 13.2. The van der Waals surface area contributed by atoms with E-state index in [0.717, 1.165) is 12.5 Å². The molecule has 0 aliphatic rings. The van der Waals surface area contributed by atoms with Crippen LogP contribution in [0.25, 0.3) is 0 Å². The molecule has 120 valence electrons. The van der Waals surface area contributed by atoms with Crippen molar-refractivity contribution in [3.63, 3.8) is 0 Å². The average Bonchev–Trinajstić information content (AvgIpc) is 2.60. The number of ether oxygens (including phenoxy) is 1. The van der Waals surface area contributed by atoms with Crippen LogP contribution in [-0.2, 0) is 9.53 Å². The number of rotatable bonds is 7. The van der Waals surface area contributed by atoms with Gasteiger partial charge in [-0.3, -0.25) is 0 Å². The van der Waals surface area contributed by atoms with Crippen molar-refractivity contribution in [2.45, 2.75) is 19.4 Å². The van der Waals surface area contributed by atoms with E-state index in [-0.39, 0.29) is 5.97 Å². The normalized spacial score (nSPS) is 11.6. The summed E-state index contributed by atoms with van der Waals surface area (Å²) in [5, 5.41) is 2.38. The highest BCUT2D eigenvalue weighted by atomic mass is 35.6. The van der Waals surface area contributed by atoms with Gasteiger partial charge in [0.25, 0.3) is 0 Å². The van der Waals surface area contributed by atoms with Crippen LogP contribution < -0.4 is 10.4 Å². The Morgan fingerprint density at radius 1 is 1.04 bits per heavy atom. The number of hydrogen-bond donors (Lipinski definition) is 0. The van der Waals surface area contributed by atoms with E-state index < -0.39 is 7.38 Å². The molecule has 0 spiro atoms. The molecule has 0 heterocycles. The maximum Gasteiger partial charge on any atom is 0.330 e. The first-order valence-corrected chi connectivity index (χ1v) is 11.0. The largest absolute Gasteiger partial charge is 0.463 e. The highest BCUT2D eigenvalue weighted by Gasteiger charge is 2.34. The molecule has 2 rings (SSSR count). The van der Waals surface area contributed by atoms with Gasteiger partial charge in [-0.1, -0.05) is 66.7 Å². The Hall–Kier alpha value is -1.84. The number of hydrogen-bond acceptors (Lipinski definition) is 2. The molecular formula is C19H21ClO2Si. The third-order valence-electron chi connectivity index (χ3n) is 3.68. The number of allylic oxidation sites excluding steroid dienone is 1. The Morgan fingerprint density at radius 3 is 2.04 bits per heavy atom. The monoisotopic (exact) mass is 344 g/mol. The minimum atomic E-state index is -2.33. The predicted molar refractivity (Wildman–Crippen MR) is 99.0 cm³/mol. The van der Waals surface area contributed by atoms with Gasteiger partial charge in [0.1, 0.15) is 0 Å². The summed E-state index contributed by atoms with van der Waals surface area (Å²) in [5.41, 5.74) is 0. The molecule has 0 amide bonds. The molecule has 0 N–H and O–H groups in total. The second kappa shape index (κ2) is 8.70. The Kier molecular flexibility index (Phi) is 6.62. The van der Waals surface area contributed by atoms with E-state index in [1.807, 2.05) is 36.4 Å². The van der Waals surface area contributed by atoms with E-state index in [0.29, 0.717) is 6.61 Å². The maximum absolute atomic E-state index is 11.4. The number of carbonyl (C=O) groups excluding carboxylic acids is 1. The second-order valence-corrected chi connectivity index (χ2v) is 10.5. The molecule has 0 saturated carbocycles. The van der Waals surface area contributed by atoms with Crippen molar-refractivity contribution in [1.29, 1.82) is 0 Å². The van der Waals surface area contributed by atoms with Crippen molar-refractivity contribution < 1.29 is 9.53 Å². The molecule has 2 aromatic rings. The fourth-order valence-corrected chi connectivity index (χ4v) is 6.67. The van der Waals surface area contributed by atoms with Crippen LogP contribution in [0.3, 0.4) is 0 Å². The molecule has 2 aromatic carbocycles. The van der Waals surface area contributed by atoms with Gasteiger partial charge in [0.15, 0.2) is 0 Å². The van der Waals surface area contributed by atoms with E-state index >= 15 is 0 Å². The standard InChI is InChI=1S/C19H21ClO2Si/c1-2-10-19(21)22-15-9-16-23(20,17-11-5-3-6-12-17)18-13-7-4-8-14-18/h2-8,10-14H,9,15-16H2,1H3. The molecule has 23 heavy (non-hydrogen) atoms. The Labute approximate surface area is 143 Å². The van der Waals surface area contributed by atoms with Crippen LogP contribution in [0, 0.1) is 0 Å². The first kappa shape index (κ1) is 17.5. The Bertz CT molecular complexity index is 601. The predicted octanol–water partition coefficient (Wildman–Crippen LogP) is 3.49. The van der Waals surface area contributed by atoms with Crippen molar-refractivity contribution in [1.82, 2.24) is 0 Å². The first-order chi connectivity index (χ1) is 11.2. The van der Waals surface area contributed by atoms with Gasteiger partial charge >= 0.3 is 5.97 Å². The van der Waals surface area contributed by atoms with Crippen molar-refractivity contribution in [2.24, 2.45) is 0 Å². The lowest BCUT2D eigenvalue weighted by atomic mass is 10.4. The zero-order valence-corrected chi connectivity index (χ0v) is 15.0. The van der Waals surface area contributed by atoms with Gasteiger partial charge in [0.05, 0.1) is 6.61 Å². The third-order valence-corrected chi connectivity index (χ3v) is 9.09. The van der Waals surface area contributed by atoms with E-state index in [2.05, 4.69) is 24.3 Å². The zero-order chi connectivity index (χ0) is 16.5. The van der Waals surface area contributed by atoms with Crippen LogP contribution in [-0.4, -0.2) is 20.0 Å². The van der Waals surface area contributed by atoms with Gasteiger partial charge in [-0.25, -0.2) is 4.79 Å². The first-order valence-electron chi connectivity index (χ1n) is 7.76. The molecule has 0 aliphatic carbocycles. The smallest absolute Gasteiger partial charge is 0.330 e. The van der Waals surface area contributed by atoms with Gasteiger partial charge in [-0.2, -0.15) is 11.1 Å². The van der Waals surface area contributed by atoms with Gasteiger partial charge in [-0.05, 0) is 29.8 Å². The van der Waals surface area contributed by atoms with Crippen LogP contribution in [0.2, 0.25) is 6.04 Å². The lowest BCUT2D eigenvalue weighted by molar-refractivity contribution is -0.137. The molecule has 0 atom stereocenters. The average molecular weight is 345 g/mol. The van der Waals surface area contributed by atoms with Gasteiger partial charge in [-0.15, -0.1) is 0 Å². The number of benzene rings is 2. The van der Waals surface area contributed by atoms with Crippen molar-refractivity contribution in [2.75, 3.05) is 6.61 Å². The lowest BCUT2D eigenvalue weighted by Crippen LogP contribution is -2.53. The molecule has 0 unspecified atom stereocenters. The summed E-state index contributed by atoms with van der Waals surface area (Å²) < 4.78 is 5.19. The quantitative estimate of drug-likeness (QED) is 0.253. The van der Waals surface area contributed by atoms with Gasteiger partial charge < -0.3 is 4.74 Å². The summed E-state index contributed by atoms with van der Waals surface area (Å²) in [6, 6.07) is 21.3. The van der Waals surface area contributed by atoms with Gasteiger partial charge in [0.2, 0.25) is 7.38 Å². The van der Waals surface area contributed by atoms with E-state index in [9.17, 15) is 4.79 Å². The molecule has 0 bridgehead atoms. The summed E-state index contributed by atoms with van der Waals surface area (Å²) >= 11 is 7.15. The molecule has 0 radical (unpaired) electrons. The molecule has 0 saturated heterocycles. The van der Waals surface area contributed by atoms with Crippen molar-refractivity contribution in [3.05, 3.63) is 72.8 Å². The van der Waals surface area contributed by atoms with Crippen LogP contribution >= 0.6 is 11.1 Å². The molecule has 0 fully saturated rings. The number of esters is 1. The van der Waals surface area contributed by atoms with Gasteiger partial charge in [0, 0.05) is 6.08 Å². The molecule has 2 nitrogen and oxygen atoms in total. The van der Waals surface area contributed by atoms with Crippen molar-refractivity contribution in [3.8, 4) is 0 Å². The molecule has 0 aromatic heterocycles. The van der Waals surface area contributed by atoms with E-state index in [4.69, 9.17) is 15.8 Å². The molecule has 4 heteroatoms.